The summed E-state index contributed by atoms with van der Waals surface area (Å²) in [5.41, 5.74) is 1.00. The Labute approximate surface area is 122 Å². The lowest BCUT2D eigenvalue weighted by Gasteiger charge is -2.25. The highest BCUT2D eigenvalue weighted by Crippen LogP contribution is 2.10. The summed E-state index contributed by atoms with van der Waals surface area (Å²) in [7, 11) is 1.73. The Bertz CT molecular complexity index is 395. The van der Waals surface area contributed by atoms with Gasteiger partial charge in [0.15, 0.2) is 0 Å². The summed E-state index contributed by atoms with van der Waals surface area (Å²) in [4.78, 5) is 11.5. The van der Waals surface area contributed by atoms with Crippen LogP contribution in [0.5, 0.6) is 0 Å². The van der Waals surface area contributed by atoms with Crippen molar-refractivity contribution in [1.29, 1.82) is 0 Å². The molecule has 0 aliphatic heterocycles. The molecule has 0 spiro atoms. The minimum Gasteiger partial charge on any atom is -0.383 e. The first-order valence-electron chi connectivity index (χ1n) is 7.38. The number of methoxy groups -OCH3 is 1. The second-order valence-corrected chi connectivity index (χ2v) is 5.29. The van der Waals surface area contributed by atoms with Crippen LogP contribution in [0.2, 0.25) is 0 Å². The Hall–Kier alpha value is -1.20. The van der Waals surface area contributed by atoms with Crippen LogP contribution in [-0.4, -0.2) is 47.7 Å². The van der Waals surface area contributed by atoms with Crippen LogP contribution in [0.3, 0.4) is 0 Å². The summed E-state index contributed by atoms with van der Waals surface area (Å²) in [6.07, 6.45) is 1.09. The molecule has 0 amide bonds. The van der Waals surface area contributed by atoms with Crippen LogP contribution in [0, 0.1) is 6.92 Å². The Morgan fingerprint density at radius 3 is 2.70 bits per heavy atom. The SMILES string of the molecule is CCCNc1cc(C)nc(CN(CCOC)C(C)C)n1. The van der Waals surface area contributed by atoms with Gasteiger partial charge in [0.25, 0.3) is 0 Å². The third kappa shape index (κ3) is 5.84. The minimum atomic E-state index is 0.446. The van der Waals surface area contributed by atoms with E-state index in [2.05, 4.69) is 41.0 Å². The molecule has 0 aliphatic carbocycles. The first kappa shape index (κ1) is 16.9. The van der Waals surface area contributed by atoms with E-state index in [9.17, 15) is 0 Å². The van der Waals surface area contributed by atoms with E-state index in [1.807, 2.05) is 13.0 Å². The molecule has 0 bridgehead atoms. The molecule has 114 valence electrons. The van der Waals surface area contributed by atoms with Crippen LogP contribution < -0.4 is 5.32 Å². The Kier molecular flexibility index (Phi) is 7.47. The van der Waals surface area contributed by atoms with Crippen molar-refractivity contribution in [1.82, 2.24) is 14.9 Å². The van der Waals surface area contributed by atoms with E-state index in [0.29, 0.717) is 6.04 Å². The van der Waals surface area contributed by atoms with Crippen LogP contribution in [0.15, 0.2) is 6.07 Å². The van der Waals surface area contributed by atoms with Crippen LogP contribution in [-0.2, 0) is 11.3 Å². The van der Waals surface area contributed by atoms with Crippen molar-refractivity contribution < 1.29 is 4.74 Å². The maximum absolute atomic E-state index is 5.17. The van der Waals surface area contributed by atoms with E-state index in [4.69, 9.17) is 4.74 Å². The van der Waals surface area contributed by atoms with Gasteiger partial charge >= 0.3 is 0 Å². The molecule has 0 atom stereocenters. The molecule has 20 heavy (non-hydrogen) atoms. The molecule has 1 aromatic heterocycles. The van der Waals surface area contributed by atoms with Gasteiger partial charge < -0.3 is 10.1 Å². The number of rotatable bonds is 9. The quantitative estimate of drug-likeness (QED) is 0.753. The zero-order valence-corrected chi connectivity index (χ0v) is 13.4. The molecule has 5 nitrogen and oxygen atoms in total. The monoisotopic (exact) mass is 280 g/mol. The van der Waals surface area contributed by atoms with Crippen LogP contribution in [0.25, 0.3) is 0 Å². The topological polar surface area (TPSA) is 50.3 Å². The van der Waals surface area contributed by atoms with Crippen LogP contribution in [0.1, 0.15) is 38.7 Å². The van der Waals surface area contributed by atoms with Gasteiger partial charge in [-0.25, -0.2) is 9.97 Å². The zero-order valence-electron chi connectivity index (χ0n) is 13.4. The standard InChI is InChI=1S/C15H28N4O/c1-6-7-16-14-10-13(4)17-15(18-14)11-19(12(2)3)8-9-20-5/h10,12H,6-9,11H2,1-5H3,(H,16,17,18). The number of hydrogen-bond acceptors (Lipinski definition) is 5. The molecule has 5 heteroatoms. The second kappa shape index (κ2) is 8.87. The van der Waals surface area contributed by atoms with Crippen molar-refractivity contribution in [2.75, 3.05) is 32.1 Å². The van der Waals surface area contributed by atoms with Gasteiger partial charge in [0.2, 0.25) is 0 Å². The molecule has 0 aromatic carbocycles. The maximum atomic E-state index is 5.17. The average Bonchev–Trinajstić information content (AvgIpc) is 2.40. The predicted octanol–water partition coefficient (Wildman–Crippen LogP) is 2.46. The summed E-state index contributed by atoms with van der Waals surface area (Å²) in [5, 5.41) is 3.33. The maximum Gasteiger partial charge on any atom is 0.144 e. The number of hydrogen-bond donors (Lipinski definition) is 1. The van der Waals surface area contributed by atoms with E-state index in [-0.39, 0.29) is 0 Å². The third-order valence-corrected chi connectivity index (χ3v) is 3.11. The number of nitrogens with zero attached hydrogens (tertiary/aromatic N) is 3. The van der Waals surface area contributed by atoms with Gasteiger partial charge in [-0.15, -0.1) is 0 Å². The molecule has 1 heterocycles. The molecule has 0 aliphatic rings. The predicted molar refractivity (Wildman–Crippen MR) is 83.0 cm³/mol. The van der Waals surface area contributed by atoms with Crippen molar-refractivity contribution in [3.8, 4) is 0 Å². The third-order valence-electron chi connectivity index (χ3n) is 3.11. The fourth-order valence-corrected chi connectivity index (χ4v) is 1.95. The van der Waals surface area contributed by atoms with Crippen LogP contribution in [0.4, 0.5) is 5.82 Å². The lowest BCUT2D eigenvalue weighted by atomic mass is 10.3. The van der Waals surface area contributed by atoms with E-state index in [0.717, 1.165) is 50.0 Å². The Morgan fingerprint density at radius 2 is 2.10 bits per heavy atom. The molecule has 0 saturated heterocycles. The number of ether oxygens (including phenoxy) is 1. The number of nitrogens with one attached hydrogen (secondary N) is 1. The highest BCUT2D eigenvalue weighted by molar-refractivity contribution is 5.35. The molecular formula is C15H28N4O. The second-order valence-electron chi connectivity index (χ2n) is 5.29. The van der Waals surface area contributed by atoms with Gasteiger partial charge in [-0.05, 0) is 27.2 Å². The Morgan fingerprint density at radius 1 is 1.35 bits per heavy atom. The van der Waals surface area contributed by atoms with Crippen molar-refractivity contribution in [2.24, 2.45) is 0 Å². The summed E-state index contributed by atoms with van der Waals surface area (Å²) < 4.78 is 5.17. The van der Waals surface area contributed by atoms with Crippen molar-refractivity contribution >= 4 is 5.82 Å². The summed E-state index contributed by atoms with van der Waals surface area (Å²) >= 11 is 0. The first-order chi connectivity index (χ1) is 9.56. The fourth-order valence-electron chi connectivity index (χ4n) is 1.95. The van der Waals surface area contributed by atoms with E-state index in [1.54, 1.807) is 7.11 Å². The van der Waals surface area contributed by atoms with Crippen molar-refractivity contribution in [2.45, 2.75) is 46.7 Å². The summed E-state index contributed by atoms with van der Waals surface area (Å²) in [5.74, 6) is 1.79. The van der Waals surface area contributed by atoms with Crippen LogP contribution >= 0.6 is 0 Å². The van der Waals surface area contributed by atoms with Crippen molar-refractivity contribution in [3.63, 3.8) is 0 Å². The minimum absolute atomic E-state index is 0.446. The van der Waals surface area contributed by atoms with Gasteiger partial charge in [0.05, 0.1) is 13.2 Å². The van der Waals surface area contributed by atoms with E-state index >= 15 is 0 Å². The molecule has 1 N–H and O–H groups in total. The van der Waals surface area contributed by atoms with Gasteiger partial charge in [-0.3, -0.25) is 4.90 Å². The Balaban J connectivity index is 2.75. The largest absolute Gasteiger partial charge is 0.383 e. The van der Waals surface area contributed by atoms with Gasteiger partial charge in [0.1, 0.15) is 11.6 Å². The average molecular weight is 280 g/mol. The number of anilines is 1. The lowest BCUT2D eigenvalue weighted by molar-refractivity contribution is 0.123. The van der Waals surface area contributed by atoms with E-state index in [1.165, 1.54) is 0 Å². The highest BCUT2D eigenvalue weighted by atomic mass is 16.5. The number of aryl methyl sites for hydroxylation is 1. The number of aromatic nitrogens is 2. The van der Waals surface area contributed by atoms with E-state index < -0.39 is 0 Å². The molecule has 0 fully saturated rings. The molecule has 1 aromatic rings. The molecule has 0 unspecified atom stereocenters. The highest BCUT2D eigenvalue weighted by Gasteiger charge is 2.12. The van der Waals surface area contributed by atoms with Crippen molar-refractivity contribution in [3.05, 3.63) is 17.6 Å². The smallest absolute Gasteiger partial charge is 0.144 e. The molecular weight excluding hydrogens is 252 g/mol. The molecule has 1 rings (SSSR count). The molecule has 0 saturated carbocycles. The summed E-state index contributed by atoms with van der Waals surface area (Å²) in [6, 6.07) is 2.44. The van der Waals surface area contributed by atoms with Gasteiger partial charge in [0, 0.05) is 38.0 Å². The molecule has 0 radical (unpaired) electrons. The summed E-state index contributed by atoms with van der Waals surface area (Å²) in [6.45, 7) is 11.8. The fraction of sp³-hybridized carbons (Fsp3) is 0.733. The zero-order chi connectivity index (χ0) is 15.0. The lowest BCUT2D eigenvalue weighted by Crippen LogP contribution is -2.34. The first-order valence-corrected chi connectivity index (χ1v) is 7.38. The normalized spacial score (nSPS) is 11.3. The van der Waals surface area contributed by atoms with Gasteiger partial charge in [-0.1, -0.05) is 6.92 Å². The van der Waals surface area contributed by atoms with Gasteiger partial charge in [-0.2, -0.15) is 0 Å².